The predicted molar refractivity (Wildman–Crippen MR) is 85.8 cm³/mol. The number of pyridine rings is 1. The topological polar surface area (TPSA) is 55.6 Å². The first-order chi connectivity index (χ1) is 10.4. The highest BCUT2D eigenvalue weighted by atomic mass is 16.6. The molecule has 5 heteroatoms. The molecule has 0 fully saturated rings. The zero-order chi connectivity index (χ0) is 16.2. The Morgan fingerprint density at radius 2 is 1.86 bits per heavy atom. The van der Waals surface area contributed by atoms with E-state index in [0.717, 1.165) is 5.56 Å². The Kier molecular flexibility index (Phi) is 4.42. The molecular formula is C17H17N3O2. The van der Waals surface area contributed by atoms with Gasteiger partial charge in [-0.15, -0.1) is 0 Å². The standard InChI is InChI=1S/C17H17N3O2/c1-17(2,3)22-16(21)20-15-7-5-6-14(19-15)12-8-10-13(18-4)11-9-12/h5-11H,1-3H3,(H,19,20,21). The van der Waals surface area contributed by atoms with E-state index in [0.29, 0.717) is 17.2 Å². The summed E-state index contributed by atoms with van der Waals surface area (Å²) in [7, 11) is 0. The first kappa shape index (κ1) is 15.5. The van der Waals surface area contributed by atoms with Gasteiger partial charge in [-0.1, -0.05) is 30.3 Å². The molecule has 0 unspecified atom stereocenters. The minimum Gasteiger partial charge on any atom is -0.444 e. The van der Waals surface area contributed by atoms with Gasteiger partial charge in [-0.25, -0.2) is 14.6 Å². The number of rotatable bonds is 2. The molecule has 1 aromatic carbocycles. The van der Waals surface area contributed by atoms with Crippen LogP contribution in [0.1, 0.15) is 20.8 Å². The third-order valence-corrected chi connectivity index (χ3v) is 2.67. The fourth-order valence-electron chi connectivity index (χ4n) is 1.78. The number of hydrogen-bond donors (Lipinski definition) is 1. The van der Waals surface area contributed by atoms with Gasteiger partial charge < -0.3 is 4.74 Å². The van der Waals surface area contributed by atoms with Gasteiger partial charge in [-0.3, -0.25) is 5.32 Å². The Morgan fingerprint density at radius 3 is 2.45 bits per heavy atom. The van der Waals surface area contributed by atoms with Gasteiger partial charge in [0, 0.05) is 0 Å². The van der Waals surface area contributed by atoms with E-state index in [1.54, 1.807) is 45.0 Å². The van der Waals surface area contributed by atoms with E-state index in [4.69, 9.17) is 11.3 Å². The smallest absolute Gasteiger partial charge is 0.413 e. The van der Waals surface area contributed by atoms with Gasteiger partial charge in [-0.05, 0) is 38.5 Å². The normalized spacial score (nSPS) is 10.6. The van der Waals surface area contributed by atoms with Crippen LogP contribution in [0.5, 0.6) is 0 Å². The molecule has 112 valence electrons. The zero-order valence-electron chi connectivity index (χ0n) is 12.8. The largest absolute Gasteiger partial charge is 0.444 e. The number of anilines is 1. The third-order valence-electron chi connectivity index (χ3n) is 2.67. The van der Waals surface area contributed by atoms with Crippen LogP contribution in [0.25, 0.3) is 16.1 Å². The van der Waals surface area contributed by atoms with Gasteiger partial charge in [0.05, 0.1) is 12.3 Å². The van der Waals surface area contributed by atoms with Crippen LogP contribution >= 0.6 is 0 Å². The maximum absolute atomic E-state index is 11.8. The van der Waals surface area contributed by atoms with E-state index < -0.39 is 11.7 Å². The molecule has 2 rings (SSSR count). The van der Waals surface area contributed by atoms with Crippen molar-refractivity contribution < 1.29 is 9.53 Å². The van der Waals surface area contributed by atoms with Crippen LogP contribution in [-0.4, -0.2) is 16.7 Å². The third kappa shape index (κ3) is 4.32. The van der Waals surface area contributed by atoms with Crippen molar-refractivity contribution in [2.75, 3.05) is 5.32 Å². The molecule has 0 atom stereocenters. The highest BCUT2D eigenvalue weighted by Gasteiger charge is 2.16. The molecule has 0 saturated heterocycles. The van der Waals surface area contributed by atoms with E-state index >= 15 is 0 Å². The van der Waals surface area contributed by atoms with Crippen molar-refractivity contribution in [2.24, 2.45) is 0 Å². The van der Waals surface area contributed by atoms with Gasteiger partial charge in [0.15, 0.2) is 5.69 Å². The van der Waals surface area contributed by atoms with Crippen molar-refractivity contribution >= 4 is 17.6 Å². The van der Waals surface area contributed by atoms with Crippen LogP contribution in [0.4, 0.5) is 16.3 Å². The second kappa shape index (κ2) is 6.27. The maximum atomic E-state index is 11.8. The van der Waals surface area contributed by atoms with E-state index in [1.807, 2.05) is 18.2 Å². The maximum Gasteiger partial charge on any atom is 0.413 e. The average molecular weight is 295 g/mol. The van der Waals surface area contributed by atoms with E-state index in [9.17, 15) is 4.79 Å². The Balaban J connectivity index is 2.16. The molecule has 0 saturated carbocycles. The fourth-order valence-corrected chi connectivity index (χ4v) is 1.78. The second-order valence-corrected chi connectivity index (χ2v) is 5.69. The molecule has 1 N–H and O–H groups in total. The summed E-state index contributed by atoms with van der Waals surface area (Å²) in [5, 5.41) is 2.61. The molecule has 0 bridgehead atoms. The van der Waals surface area contributed by atoms with Crippen LogP contribution in [0.3, 0.4) is 0 Å². The Morgan fingerprint density at radius 1 is 1.18 bits per heavy atom. The molecule has 2 aromatic rings. The molecule has 0 aliphatic carbocycles. The second-order valence-electron chi connectivity index (χ2n) is 5.69. The van der Waals surface area contributed by atoms with Crippen molar-refractivity contribution in [3.8, 4) is 11.3 Å². The number of nitrogens with one attached hydrogen (secondary N) is 1. The molecule has 5 nitrogen and oxygen atoms in total. The van der Waals surface area contributed by atoms with E-state index in [1.165, 1.54) is 0 Å². The van der Waals surface area contributed by atoms with Crippen molar-refractivity contribution in [2.45, 2.75) is 26.4 Å². The SMILES string of the molecule is [C-]#[N+]c1ccc(-c2cccc(NC(=O)OC(C)(C)C)n2)cc1. The minimum absolute atomic E-state index is 0.418. The van der Waals surface area contributed by atoms with Gasteiger partial charge in [-0.2, -0.15) is 0 Å². The number of carbonyl (C=O) groups excluding carboxylic acids is 1. The van der Waals surface area contributed by atoms with Crippen molar-refractivity contribution in [1.29, 1.82) is 0 Å². The van der Waals surface area contributed by atoms with Crippen molar-refractivity contribution in [3.63, 3.8) is 0 Å². The highest BCUT2D eigenvalue weighted by Crippen LogP contribution is 2.22. The number of carbonyl (C=O) groups is 1. The highest BCUT2D eigenvalue weighted by molar-refractivity contribution is 5.84. The molecule has 1 heterocycles. The number of nitrogens with zero attached hydrogens (tertiary/aromatic N) is 2. The molecule has 1 aromatic heterocycles. The van der Waals surface area contributed by atoms with Crippen LogP contribution in [-0.2, 0) is 4.74 Å². The quantitative estimate of drug-likeness (QED) is 0.821. The zero-order valence-corrected chi connectivity index (χ0v) is 12.8. The number of hydrogen-bond acceptors (Lipinski definition) is 3. The lowest BCUT2D eigenvalue weighted by molar-refractivity contribution is 0.0635. The summed E-state index contributed by atoms with van der Waals surface area (Å²) >= 11 is 0. The van der Waals surface area contributed by atoms with Crippen LogP contribution in [0.2, 0.25) is 0 Å². The summed E-state index contributed by atoms with van der Waals surface area (Å²) in [6, 6.07) is 12.5. The lowest BCUT2D eigenvalue weighted by Crippen LogP contribution is -2.27. The molecule has 0 aliphatic heterocycles. The Hall–Kier alpha value is -2.87. The Labute approximate surface area is 129 Å². The van der Waals surface area contributed by atoms with Crippen LogP contribution in [0, 0.1) is 6.57 Å². The number of ether oxygens (including phenoxy) is 1. The fraction of sp³-hybridized carbons (Fsp3) is 0.235. The summed E-state index contributed by atoms with van der Waals surface area (Å²) in [5.74, 6) is 0.418. The lowest BCUT2D eigenvalue weighted by atomic mass is 10.1. The molecule has 0 radical (unpaired) electrons. The summed E-state index contributed by atoms with van der Waals surface area (Å²) in [6.45, 7) is 12.4. The van der Waals surface area contributed by atoms with Crippen molar-refractivity contribution in [3.05, 3.63) is 53.9 Å². The average Bonchev–Trinajstić information content (AvgIpc) is 2.45. The van der Waals surface area contributed by atoms with Gasteiger partial charge in [0.1, 0.15) is 11.4 Å². The summed E-state index contributed by atoms with van der Waals surface area (Å²) < 4.78 is 5.19. The lowest BCUT2D eigenvalue weighted by Gasteiger charge is -2.19. The summed E-state index contributed by atoms with van der Waals surface area (Å²) in [6.07, 6.45) is -0.541. The van der Waals surface area contributed by atoms with Gasteiger partial charge in [0.25, 0.3) is 0 Å². The molecule has 1 amide bonds. The van der Waals surface area contributed by atoms with Gasteiger partial charge in [0.2, 0.25) is 0 Å². The van der Waals surface area contributed by atoms with Gasteiger partial charge >= 0.3 is 6.09 Å². The first-order valence-corrected chi connectivity index (χ1v) is 6.82. The first-order valence-electron chi connectivity index (χ1n) is 6.82. The van der Waals surface area contributed by atoms with Crippen molar-refractivity contribution in [1.82, 2.24) is 4.98 Å². The van der Waals surface area contributed by atoms with E-state index in [2.05, 4.69) is 15.1 Å². The monoisotopic (exact) mass is 295 g/mol. The number of benzene rings is 1. The van der Waals surface area contributed by atoms with Crippen LogP contribution < -0.4 is 5.32 Å². The summed E-state index contributed by atoms with van der Waals surface area (Å²) in [4.78, 5) is 19.5. The molecule has 22 heavy (non-hydrogen) atoms. The minimum atomic E-state index is -0.558. The summed E-state index contributed by atoms with van der Waals surface area (Å²) in [5.41, 5.74) is 1.61. The molecule has 0 aliphatic rings. The number of aromatic nitrogens is 1. The van der Waals surface area contributed by atoms with E-state index in [-0.39, 0.29) is 0 Å². The molecular weight excluding hydrogens is 278 g/mol. The Bertz CT molecular complexity index is 710. The van der Waals surface area contributed by atoms with Crippen LogP contribution in [0.15, 0.2) is 42.5 Å². The predicted octanol–water partition coefficient (Wildman–Crippen LogP) is 4.65. The molecule has 0 spiro atoms. The number of amides is 1.